The average molecular weight is 509 g/mol. The summed E-state index contributed by atoms with van der Waals surface area (Å²) in [7, 11) is 0. The maximum absolute atomic E-state index is 12.3. The van der Waals surface area contributed by atoms with Gasteiger partial charge in [-0.05, 0) is 25.7 Å². The Hall–Kier alpha value is -0.530. The second kappa shape index (κ2) is 26.1. The molecule has 0 aliphatic heterocycles. The molecule has 0 aromatic carbocycles. The number of unbranched alkanes of at least 4 members (excludes halogenated alkanes) is 20. The predicted octanol–water partition coefficient (Wildman–Crippen LogP) is 12.3. The number of hydrogen-bond donors (Lipinski definition) is 1. The molecule has 0 fully saturated rings. The molecule has 0 aromatic heterocycles. The molecule has 0 aliphatic rings. The number of aliphatic carboxylic acids is 1. The van der Waals surface area contributed by atoms with Gasteiger partial charge in [0.05, 0.1) is 5.41 Å². The van der Waals surface area contributed by atoms with Gasteiger partial charge in [-0.2, -0.15) is 0 Å². The summed E-state index contributed by atoms with van der Waals surface area (Å²) >= 11 is 0. The lowest BCUT2D eigenvalue weighted by molar-refractivity contribution is -0.149. The van der Waals surface area contributed by atoms with E-state index in [1.54, 1.807) is 0 Å². The molecule has 0 aliphatic carbocycles. The first-order valence-corrected chi connectivity index (χ1v) is 16.7. The van der Waals surface area contributed by atoms with E-state index in [0.717, 1.165) is 19.3 Å². The van der Waals surface area contributed by atoms with Crippen molar-refractivity contribution in [3.05, 3.63) is 0 Å². The molecule has 0 saturated carbocycles. The summed E-state index contributed by atoms with van der Waals surface area (Å²) < 4.78 is 0. The quantitative estimate of drug-likeness (QED) is 0.102. The molecule has 0 radical (unpaired) electrons. The van der Waals surface area contributed by atoms with E-state index >= 15 is 0 Å². The van der Waals surface area contributed by atoms with Crippen LogP contribution >= 0.6 is 0 Å². The minimum absolute atomic E-state index is 0.532. The maximum atomic E-state index is 12.3. The van der Waals surface area contributed by atoms with Gasteiger partial charge in [0.2, 0.25) is 0 Å². The number of hydrogen-bond acceptors (Lipinski definition) is 1. The third-order valence-electron chi connectivity index (χ3n) is 8.52. The Kier molecular flexibility index (Phi) is 25.7. The second-order valence-electron chi connectivity index (χ2n) is 12.3. The largest absolute Gasteiger partial charge is 0.481 e. The SMILES string of the molecule is CCCCCCCCCCCCCCCCC(C)(CC(CCCCC)CCCCCCCC)C(=O)O. The molecule has 1 N–H and O–H groups in total. The Morgan fingerprint density at radius 2 is 0.833 bits per heavy atom. The first-order chi connectivity index (χ1) is 17.5. The third kappa shape index (κ3) is 21.5. The van der Waals surface area contributed by atoms with Gasteiger partial charge >= 0.3 is 5.97 Å². The molecule has 2 unspecified atom stereocenters. The number of carboxylic acid groups (broad SMARTS) is 1. The summed E-state index contributed by atoms with van der Waals surface area (Å²) in [5, 5.41) is 10.1. The molecular formula is C34H68O2. The summed E-state index contributed by atoms with van der Waals surface area (Å²) in [4.78, 5) is 12.3. The highest BCUT2D eigenvalue weighted by Crippen LogP contribution is 2.37. The lowest BCUT2D eigenvalue weighted by atomic mass is 9.74. The molecule has 2 nitrogen and oxygen atoms in total. The van der Waals surface area contributed by atoms with Gasteiger partial charge in [-0.15, -0.1) is 0 Å². The normalized spacial score (nSPS) is 14.1. The highest BCUT2D eigenvalue weighted by Gasteiger charge is 2.34. The Morgan fingerprint density at radius 1 is 0.528 bits per heavy atom. The Labute approximate surface area is 228 Å². The van der Waals surface area contributed by atoms with Gasteiger partial charge in [0.15, 0.2) is 0 Å². The smallest absolute Gasteiger partial charge is 0.309 e. The van der Waals surface area contributed by atoms with E-state index in [4.69, 9.17) is 0 Å². The average Bonchev–Trinajstić information content (AvgIpc) is 2.86. The molecule has 0 saturated heterocycles. The van der Waals surface area contributed by atoms with Crippen LogP contribution in [0.1, 0.15) is 201 Å². The third-order valence-corrected chi connectivity index (χ3v) is 8.52. The summed E-state index contributed by atoms with van der Waals surface area (Å²) in [6, 6.07) is 0. The van der Waals surface area contributed by atoms with Crippen LogP contribution in [0.5, 0.6) is 0 Å². The number of carbonyl (C=O) groups is 1. The molecule has 0 rings (SSSR count). The monoisotopic (exact) mass is 509 g/mol. The van der Waals surface area contributed by atoms with Crippen LogP contribution in [0.4, 0.5) is 0 Å². The molecule has 216 valence electrons. The minimum Gasteiger partial charge on any atom is -0.481 e. The molecule has 2 atom stereocenters. The minimum atomic E-state index is -0.555. The van der Waals surface area contributed by atoms with Crippen molar-refractivity contribution in [1.82, 2.24) is 0 Å². The van der Waals surface area contributed by atoms with Gasteiger partial charge in [-0.1, -0.05) is 181 Å². The predicted molar refractivity (Wildman–Crippen MR) is 161 cm³/mol. The van der Waals surface area contributed by atoms with Crippen molar-refractivity contribution < 1.29 is 9.90 Å². The fourth-order valence-corrected chi connectivity index (χ4v) is 5.89. The Bertz CT molecular complexity index is 460. The highest BCUT2D eigenvalue weighted by molar-refractivity contribution is 5.74. The molecule has 0 bridgehead atoms. The lowest BCUT2D eigenvalue weighted by Crippen LogP contribution is -2.30. The van der Waals surface area contributed by atoms with E-state index in [2.05, 4.69) is 20.8 Å². The molecule has 2 heteroatoms. The zero-order chi connectivity index (χ0) is 26.7. The van der Waals surface area contributed by atoms with Gasteiger partial charge in [-0.25, -0.2) is 0 Å². The van der Waals surface area contributed by atoms with Crippen molar-refractivity contribution in [1.29, 1.82) is 0 Å². The number of carboxylic acids is 1. The van der Waals surface area contributed by atoms with Crippen molar-refractivity contribution in [3.8, 4) is 0 Å². The fraction of sp³-hybridized carbons (Fsp3) is 0.971. The first kappa shape index (κ1) is 35.5. The zero-order valence-electron chi connectivity index (χ0n) is 25.5. The van der Waals surface area contributed by atoms with Gasteiger partial charge < -0.3 is 5.11 Å². The summed E-state index contributed by atoms with van der Waals surface area (Å²) in [5.41, 5.74) is -0.532. The maximum Gasteiger partial charge on any atom is 0.309 e. The van der Waals surface area contributed by atoms with Crippen molar-refractivity contribution in [3.63, 3.8) is 0 Å². The van der Waals surface area contributed by atoms with Crippen LogP contribution in [0.15, 0.2) is 0 Å². The van der Waals surface area contributed by atoms with Gasteiger partial charge in [0, 0.05) is 0 Å². The number of rotatable bonds is 29. The van der Waals surface area contributed by atoms with Crippen LogP contribution < -0.4 is 0 Å². The van der Waals surface area contributed by atoms with Crippen molar-refractivity contribution in [2.75, 3.05) is 0 Å². The Morgan fingerprint density at radius 3 is 1.22 bits per heavy atom. The molecule has 0 amide bonds. The van der Waals surface area contributed by atoms with E-state index in [1.165, 1.54) is 154 Å². The lowest BCUT2D eigenvalue weighted by Gasteiger charge is -2.30. The van der Waals surface area contributed by atoms with Crippen molar-refractivity contribution >= 4 is 5.97 Å². The molecule has 0 spiro atoms. The summed E-state index contributed by atoms with van der Waals surface area (Å²) in [6.07, 6.45) is 34.9. The van der Waals surface area contributed by atoms with E-state index in [0.29, 0.717) is 5.92 Å². The standard InChI is InChI=1S/C34H68O2/c1-5-8-11-13-15-16-17-18-19-20-21-22-24-27-30-34(4,33(35)36)31-32(28-25-10-7-3)29-26-23-14-12-9-6-2/h32H,5-31H2,1-4H3,(H,35,36). The van der Waals surface area contributed by atoms with Crippen molar-refractivity contribution in [2.24, 2.45) is 11.3 Å². The second-order valence-corrected chi connectivity index (χ2v) is 12.3. The van der Waals surface area contributed by atoms with E-state index in [9.17, 15) is 9.90 Å². The van der Waals surface area contributed by atoms with Crippen LogP contribution in [0, 0.1) is 11.3 Å². The van der Waals surface area contributed by atoms with Crippen molar-refractivity contribution in [2.45, 2.75) is 201 Å². The van der Waals surface area contributed by atoms with Crippen LogP contribution in [-0.2, 0) is 4.79 Å². The summed E-state index contributed by atoms with van der Waals surface area (Å²) in [6.45, 7) is 8.87. The van der Waals surface area contributed by atoms with Gasteiger partial charge in [0.1, 0.15) is 0 Å². The molecular weight excluding hydrogens is 440 g/mol. The molecule has 0 heterocycles. The van der Waals surface area contributed by atoms with E-state index < -0.39 is 11.4 Å². The highest BCUT2D eigenvalue weighted by atomic mass is 16.4. The fourth-order valence-electron chi connectivity index (χ4n) is 5.89. The van der Waals surface area contributed by atoms with Crippen LogP contribution in [-0.4, -0.2) is 11.1 Å². The first-order valence-electron chi connectivity index (χ1n) is 16.7. The van der Waals surface area contributed by atoms with Crippen LogP contribution in [0.25, 0.3) is 0 Å². The van der Waals surface area contributed by atoms with E-state index in [-0.39, 0.29) is 0 Å². The zero-order valence-corrected chi connectivity index (χ0v) is 25.5. The summed E-state index contributed by atoms with van der Waals surface area (Å²) in [5.74, 6) is 0.0381. The van der Waals surface area contributed by atoms with Gasteiger partial charge in [0.25, 0.3) is 0 Å². The Balaban J connectivity index is 4.14. The van der Waals surface area contributed by atoms with Gasteiger partial charge in [-0.3, -0.25) is 4.79 Å². The molecule has 36 heavy (non-hydrogen) atoms. The van der Waals surface area contributed by atoms with Crippen LogP contribution in [0.3, 0.4) is 0 Å². The van der Waals surface area contributed by atoms with Crippen LogP contribution in [0.2, 0.25) is 0 Å². The van der Waals surface area contributed by atoms with E-state index in [1.807, 2.05) is 6.92 Å². The topological polar surface area (TPSA) is 37.3 Å². The molecule has 0 aromatic rings.